The van der Waals surface area contributed by atoms with E-state index in [1.54, 1.807) is 18.2 Å². The fraction of sp³-hybridized carbons (Fsp3) is 0.0833. The third kappa shape index (κ3) is 1.65. The second-order valence-electron chi connectivity index (χ2n) is 3.52. The predicted octanol–water partition coefficient (Wildman–Crippen LogP) is 1.06. The van der Waals surface area contributed by atoms with E-state index in [-0.39, 0.29) is 0 Å². The van der Waals surface area contributed by atoms with Crippen molar-refractivity contribution in [2.45, 2.75) is 6.92 Å². The zero-order valence-electron chi connectivity index (χ0n) is 8.64. The van der Waals surface area contributed by atoms with E-state index in [0.29, 0.717) is 10.5 Å². The van der Waals surface area contributed by atoms with Crippen LogP contribution in [0.2, 0.25) is 0 Å². The molecule has 0 aliphatic carbocycles. The van der Waals surface area contributed by atoms with Gasteiger partial charge in [0.15, 0.2) is 0 Å². The Morgan fingerprint density at radius 2 is 1.75 bits per heavy atom. The fourth-order valence-corrected chi connectivity index (χ4v) is 1.51. The molecule has 1 aliphatic rings. The van der Waals surface area contributed by atoms with Crippen LogP contribution in [0.25, 0.3) is 0 Å². The summed E-state index contributed by atoms with van der Waals surface area (Å²) in [6.45, 7) is 1.84. The molecule has 0 unspecified atom stereocenters. The van der Waals surface area contributed by atoms with Crippen LogP contribution < -0.4 is 0 Å². The number of amides is 3. The van der Waals surface area contributed by atoms with E-state index < -0.39 is 17.7 Å². The fourth-order valence-electron chi connectivity index (χ4n) is 1.51. The van der Waals surface area contributed by atoms with Gasteiger partial charge in [-0.1, -0.05) is 17.7 Å². The molecule has 1 aromatic carbocycles. The normalized spacial score (nSPS) is 14.7. The van der Waals surface area contributed by atoms with Crippen molar-refractivity contribution in [1.29, 1.82) is 0 Å². The van der Waals surface area contributed by atoms with Crippen LogP contribution in [0.15, 0.2) is 36.4 Å². The minimum atomic E-state index is -0.587. The van der Waals surface area contributed by atoms with Crippen LogP contribution in [0, 0.1) is 6.92 Å². The Morgan fingerprint density at radius 1 is 1.12 bits per heavy atom. The summed E-state index contributed by atoms with van der Waals surface area (Å²) in [7, 11) is 0. The Labute approximate surface area is 92.2 Å². The minimum Gasteiger partial charge on any atom is -0.269 e. The lowest BCUT2D eigenvalue weighted by atomic mass is 10.1. The van der Waals surface area contributed by atoms with Crippen LogP contribution in [-0.4, -0.2) is 22.6 Å². The van der Waals surface area contributed by atoms with Crippen LogP contribution >= 0.6 is 0 Å². The van der Waals surface area contributed by atoms with Crippen LogP contribution in [0.5, 0.6) is 0 Å². The highest BCUT2D eigenvalue weighted by Crippen LogP contribution is 2.12. The first-order valence-electron chi connectivity index (χ1n) is 4.77. The summed E-state index contributed by atoms with van der Waals surface area (Å²) in [5.41, 5.74) is 1.24. The quantitative estimate of drug-likeness (QED) is 0.658. The molecule has 0 saturated heterocycles. The number of aryl methyl sites for hydroxylation is 1. The molecule has 80 valence electrons. The van der Waals surface area contributed by atoms with Crippen LogP contribution in [-0.2, 0) is 9.59 Å². The smallest absolute Gasteiger partial charge is 0.267 e. The maximum absolute atomic E-state index is 11.9. The van der Waals surface area contributed by atoms with Crippen LogP contribution in [0.1, 0.15) is 15.9 Å². The lowest BCUT2D eigenvalue weighted by molar-refractivity contribution is -0.133. The molecule has 1 heterocycles. The highest BCUT2D eigenvalue weighted by atomic mass is 16.2. The molecule has 4 heteroatoms. The minimum absolute atomic E-state index is 0.338. The summed E-state index contributed by atoms with van der Waals surface area (Å²) in [4.78, 5) is 35.1. The molecule has 1 aliphatic heterocycles. The molecule has 2 rings (SSSR count). The predicted molar refractivity (Wildman–Crippen MR) is 56.5 cm³/mol. The summed E-state index contributed by atoms with van der Waals surface area (Å²) in [6.07, 6.45) is 2.19. The average molecular weight is 215 g/mol. The van der Waals surface area contributed by atoms with Gasteiger partial charge in [0.2, 0.25) is 0 Å². The second-order valence-corrected chi connectivity index (χ2v) is 3.52. The largest absolute Gasteiger partial charge is 0.269 e. The molecule has 0 spiro atoms. The molecular formula is C12H9NO3. The van der Waals surface area contributed by atoms with Crippen molar-refractivity contribution in [2.24, 2.45) is 0 Å². The van der Waals surface area contributed by atoms with E-state index in [4.69, 9.17) is 0 Å². The van der Waals surface area contributed by atoms with E-state index >= 15 is 0 Å². The van der Waals surface area contributed by atoms with Crippen molar-refractivity contribution < 1.29 is 14.4 Å². The molecule has 3 amide bonds. The first kappa shape index (κ1) is 10.3. The Bertz CT molecular complexity index is 499. The standard InChI is InChI=1S/C12H9NO3/c1-8-3-2-4-9(7-8)12(16)13-10(14)5-6-11(13)15/h2-7H,1H3. The van der Waals surface area contributed by atoms with Crippen molar-refractivity contribution in [1.82, 2.24) is 4.90 Å². The number of hydrogen-bond acceptors (Lipinski definition) is 3. The average Bonchev–Trinajstić information content (AvgIpc) is 2.58. The zero-order valence-corrected chi connectivity index (χ0v) is 8.64. The Morgan fingerprint density at radius 3 is 2.31 bits per heavy atom. The van der Waals surface area contributed by atoms with E-state index in [0.717, 1.165) is 17.7 Å². The monoisotopic (exact) mass is 215 g/mol. The summed E-state index contributed by atoms with van der Waals surface area (Å²) in [6, 6.07) is 6.76. The number of hydrogen-bond donors (Lipinski definition) is 0. The van der Waals surface area contributed by atoms with Crippen molar-refractivity contribution >= 4 is 17.7 Å². The van der Waals surface area contributed by atoms with Gasteiger partial charge in [-0.25, -0.2) is 4.90 Å². The van der Waals surface area contributed by atoms with Gasteiger partial charge in [0.1, 0.15) is 0 Å². The molecule has 4 nitrogen and oxygen atoms in total. The Balaban J connectivity index is 2.33. The molecule has 1 aromatic rings. The zero-order chi connectivity index (χ0) is 11.7. The van der Waals surface area contributed by atoms with Gasteiger partial charge in [-0.15, -0.1) is 0 Å². The number of rotatable bonds is 1. The van der Waals surface area contributed by atoms with E-state index in [1.165, 1.54) is 0 Å². The maximum atomic E-state index is 11.9. The molecule has 0 aromatic heterocycles. The van der Waals surface area contributed by atoms with Gasteiger partial charge in [-0.2, -0.15) is 0 Å². The van der Waals surface area contributed by atoms with Crippen molar-refractivity contribution in [3.8, 4) is 0 Å². The highest BCUT2D eigenvalue weighted by Gasteiger charge is 2.30. The summed E-state index contributed by atoms with van der Waals surface area (Å²) in [5, 5.41) is 0. The number of carbonyl (C=O) groups is 3. The van der Waals surface area contributed by atoms with E-state index in [2.05, 4.69) is 0 Å². The number of nitrogens with zero attached hydrogens (tertiary/aromatic N) is 1. The SMILES string of the molecule is Cc1cccc(C(=O)N2C(=O)C=CC2=O)c1. The molecule has 0 N–H and O–H groups in total. The number of imide groups is 3. The van der Waals surface area contributed by atoms with Crippen LogP contribution in [0.3, 0.4) is 0 Å². The lowest BCUT2D eigenvalue weighted by Gasteiger charge is -2.11. The van der Waals surface area contributed by atoms with Gasteiger partial charge in [0.05, 0.1) is 0 Å². The van der Waals surface area contributed by atoms with Crippen molar-refractivity contribution in [3.63, 3.8) is 0 Å². The Hall–Kier alpha value is -2.23. The van der Waals surface area contributed by atoms with Gasteiger partial charge in [-0.05, 0) is 19.1 Å². The summed E-state index contributed by atoms with van der Waals surface area (Å²) in [5.74, 6) is -1.75. The maximum Gasteiger partial charge on any atom is 0.267 e. The third-order valence-corrected chi connectivity index (χ3v) is 2.28. The van der Waals surface area contributed by atoms with E-state index in [1.807, 2.05) is 13.0 Å². The Kier molecular flexibility index (Phi) is 2.40. The van der Waals surface area contributed by atoms with Gasteiger partial charge < -0.3 is 0 Å². The topological polar surface area (TPSA) is 54.5 Å². The molecule has 16 heavy (non-hydrogen) atoms. The highest BCUT2D eigenvalue weighted by molar-refractivity contribution is 6.25. The first-order valence-corrected chi connectivity index (χ1v) is 4.77. The molecule has 0 bridgehead atoms. The van der Waals surface area contributed by atoms with Gasteiger partial charge in [0.25, 0.3) is 17.7 Å². The third-order valence-electron chi connectivity index (χ3n) is 2.28. The lowest BCUT2D eigenvalue weighted by Crippen LogP contribution is -2.36. The molecular weight excluding hydrogens is 206 g/mol. The number of carbonyl (C=O) groups excluding carboxylic acids is 3. The van der Waals surface area contributed by atoms with Gasteiger partial charge in [-0.3, -0.25) is 14.4 Å². The van der Waals surface area contributed by atoms with Gasteiger partial charge >= 0.3 is 0 Å². The first-order chi connectivity index (χ1) is 7.59. The molecule has 0 atom stereocenters. The van der Waals surface area contributed by atoms with Crippen LogP contribution in [0.4, 0.5) is 0 Å². The van der Waals surface area contributed by atoms with E-state index in [9.17, 15) is 14.4 Å². The van der Waals surface area contributed by atoms with Crippen molar-refractivity contribution in [3.05, 3.63) is 47.5 Å². The molecule has 0 saturated carbocycles. The van der Waals surface area contributed by atoms with Gasteiger partial charge in [0, 0.05) is 17.7 Å². The summed E-state index contributed by atoms with van der Waals surface area (Å²) < 4.78 is 0. The summed E-state index contributed by atoms with van der Waals surface area (Å²) >= 11 is 0. The van der Waals surface area contributed by atoms with Crippen molar-refractivity contribution in [2.75, 3.05) is 0 Å². The molecule has 0 fully saturated rings. The second kappa shape index (κ2) is 3.73. The number of benzene rings is 1. The molecule has 0 radical (unpaired) electrons.